The van der Waals surface area contributed by atoms with Crippen molar-refractivity contribution in [2.45, 2.75) is 6.92 Å². The molecule has 0 amide bonds. The van der Waals surface area contributed by atoms with Gasteiger partial charge in [0.2, 0.25) is 0 Å². The fraction of sp³-hybridized carbons (Fsp3) is 0.188. The van der Waals surface area contributed by atoms with Crippen molar-refractivity contribution in [1.82, 2.24) is 0 Å². The standard InChI is InChI=1S/C16H17FN2O/c1-11(20)12-7-13(17)9-15(8-12)18-14-5-4-6-16(10-14)19(2)3/h4-10,18H,1-3H3. The number of carbonyl (C=O) groups excluding carboxylic acids is 1. The summed E-state index contributed by atoms with van der Waals surface area (Å²) >= 11 is 0. The third-order valence-corrected chi connectivity index (χ3v) is 2.96. The van der Waals surface area contributed by atoms with Crippen LogP contribution in [0, 0.1) is 5.82 Å². The zero-order chi connectivity index (χ0) is 14.7. The number of carbonyl (C=O) groups is 1. The normalized spacial score (nSPS) is 10.2. The minimum atomic E-state index is -0.427. The van der Waals surface area contributed by atoms with Gasteiger partial charge in [-0.3, -0.25) is 4.79 Å². The van der Waals surface area contributed by atoms with Gasteiger partial charge in [0, 0.05) is 36.7 Å². The van der Waals surface area contributed by atoms with E-state index < -0.39 is 5.82 Å². The Hall–Kier alpha value is -2.36. The Morgan fingerprint density at radius 2 is 1.85 bits per heavy atom. The molecule has 0 aliphatic heterocycles. The van der Waals surface area contributed by atoms with Crippen LogP contribution >= 0.6 is 0 Å². The van der Waals surface area contributed by atoms with E-state index in [-0.39, 0.29) is 5.78 Å². The lowest BCUT2D eigenvalue weighted by Crippen LogP contribution is -2.08. The van der Waals surface area contributed by atoms with E-state index in [0.717, 1.165) is 11.4 Å². The van der Waals surface area contributed by atoms with Gasteiger partial charge in [0.25, 0.3) is 0 Å². The Balaban J connectivity index is 2.30. The van der Waals surface area contributed by atoms with Gasteiger partial charge < -0.3 is 10.2 Å². The smallest absolute Gasteiger partial charge is 0.159 e. The summed E-state index contributed by atoms with van der Waals surface area (Å²) in [4.78, 5) is 13.3. The van der Waals surface area contributed by atoms with E-state index in [9.17, 15) is 9.18 Å². The average Bonchev–Trinajstić information content (AvgIpc) is 2.38. The van der Waals surface area contributed by atoms with Crippen LogP contribution in [0.5, 0.6) is 0 Å². The van der Waals surface area contributed by atoms with Gasteiger partial charge >= 0.3 is 0 Å². The summed E-state index contributed by atoms with van der Waals surface area (Å²) in [7, 11) is 3.91. The summed E-state index contributed by atoms with van der Waals surface area (Å²) < 4.78 is 13.5. The van der Waals surface area contributed by atoms with Gasteiger partial charge in [-0.05, 0) is 43.3 Å². The van der Waals surface area contributed by atoms with E-state index >= 15 is 0 Å². The summed E-state index contributed by atoms with van der Waals surface area (Å²) in [5, 5.41) is 3.12. The number of rotatable bonds is 4. The molecular formula is C16H17FN2O. The van der Waals surface area contributed by atoms with E-state index in [1.165, 1.54) is 19.1 Å². The lowest BCUT2D eigenvalue weighted by atomic mass is 10.1. The van der Waals surface area contributed by atoms with Crippen molar-refractivity contribution < 1.29 is 9.18 Å². The Morgan fingerprint density at radius 1 is 1.10 bits per heavy atom. The molecule has 0 aliphatic rings. The Morgan fingerprint density at radius 3 is 2.50 bits per heavy atom. The topological polar surface area (TPSA) is 32.3 Å². The number of benzene rings is 2. The van der Waals surface area contributed by atoms with Gasteiger partial charge in [-0.2, -0.15) is 0 Å². The summed E-state index contributed by atoms with van der Waals surface area (Å²) in [6, 6.07) is 12.0. The fourth-order valence-corrected chi connectivity index (χ4v) is 1.89. The highest BCUT2D eigenvalue weighted by molar-refractivity contribution is 5.95. The predicted molar refractivity (Wildman–Crippen MR) is 80.5 cm³/mol. The van der Waals surface area contributed by atoms with Crippen molar-refractivity contribution in [2.24, 2.45) is 0 Å². The van der Waals surface area contributed by atoms with Gasteiger partial charge in [-0.15, -0.1) is 0 Å². The maximum Gasteiger partial charge on any atom is 0.159 e. The highest BCUT2D eigenvalue weighted by Gasteiger charge is 2.05. The van der Waals surface area contributed by atoms with Gasteiger partial charge in [0.1, 0.15) is 5.82 Å². The summed E-state index contributed by atoms with van der Waals surface area (Å²) in [6.45, 7) is 1.42. The molecule has 0 saturated heterocycles. The van der Waals surface area contributed by atoms with Crippen molar-refractivity contribution in [3.05, 3.63) is 53.8 Å². The fourth-order valence-electron chi connectivity index (χ4n) is 1.89. The molecule has 2 rings (SSSR count). The summed E-state index contributed by atoms with van der Waals surface area (Å²) in [6.07, 6.45) is 0. The van der Waals surface area contributed by atoms with Crippen molar-refractivity contribution >= 4 is 22.8 Å². The van der Waals surface area contributed by atoms with Crippen molar-refractivity contribution in [3.8, 4) is 0 Å². The van der Waals surface area contributed by atoms with Crippen LogP contribution in [-0.2, 0) is 0 Å². The second-order valence-electron chi connectivity index (χ2n) is 4.85. The molecule has 0 atom stereocenters. The number of hydrogen-bond acceptors (Lipinski definition) is 3. The minimum Gasteiger partial charge on any atom is -0.378 e. The number of nitrogens with zero attached hydrogens (tertiary/aromatic N) is 1. The molecule has 0 spiro atoms. The lowest BCUT2D eigenvalue weighted by Gasteiger charge is -2.14. The first-order valence-corrected chi connectivity index (χ1v) is 6.31. The third kappa shape index (κ3) is 3.35. The average molecular weight is 272 g/mol. The molecule has 0 radical (unpaired) electrons. The number of halogens is 1. The first-order valence-electron chi connectivity index (χ1n) is 6.31. The van der Waals surface area contributed by atoms with E-state index in [1.54, 1.807) is 6.07 Å². The molecule has 4 heteroatoms. The van der Waals surface area contributed by atoms with Crippen LogP contribution in [0.2, 0.25) is 0 Å². The number of anilines is 3. The maximum atomic E-state index is 13.5. The number of Topliss-reactive ketones (excluding diaryl/α,β-unsaturated/α-hetero) is 1. The molecular weight excluding hydrogens is 255 g/mol. The van der Waals surface area contributed by atoms with Crippen molar-refractivity contribution in [2.75, 3.05) is 24.3 Å². The molecule has 0 bridgehead atoms. The highest BCUT2D eigenvalue weighted by Crippen LogP contribution is 2.23. The molecule has 0 aliphatic carbocycles. The maximum absolute atomic E-state index is 13.5. The second kappa shape index (κ2) is 5.74. The molecule has 3 nitrogen and oxygen atoms in total. The number of nitrogens with one attached hydrogen (secondary N) is 1. The van der Waals surface area contributed by atoms with Gasteiger partial charge in [0.15, 0.2) is 5.78 Å². The first kappa shape index (κ1) is 14.1. The molecule has 1 N–H and O–H groups in total. The van der Waals surface area contributed by atoms with Crippen molar-refractivity contribution in [1.29, 1.82) is 0 Å². The van der Waals surface area contributed by atoms with Crippen LogP contribution in [0.25, 0.3) is 0 Å². The van der Waals surface area contributed by atoms with Crippen LogP contribution in [0.1, 0.15) is 17.3 Å². The molecule has 20 heavy (non-hydrogen) atoms. The first-order chi connectivity index (χ1) is 9.45. The van der Waals surface area contributed by atoms with Crippen LogP contribution in [0.15, 0.2) is 42.5 Å². The van der Waals surface area contributed by atoms with E-state index in [4.69, 9.17) is 0 Å². The highest BCUT2D eigenvalue weighted by atomic mass is 19.1. The predicted octanol–water partition coefficient (Wildman–Crippen LogP) is 3.84. The van der Waals surface area contributed by atoms with Gasteiger partial charge in [-0.25, -0.2) is 4.39 Å². The molecule has 0 unspecified atom stereocenters. The van der Waals surface area contributed by atoms with Crippen LogP contribution in [0.4, 0.5) is 21.5 Å². The zero-order valence-electron chi connectivity index (χ0n) is 11.8. The second-order valence-corrected chi connectivity index (χ2v) is 4.85. The minimum absolute atomic E-state index is 0.158. The molecule has 104 valence electrons. The molecule has 0 saturated carbocycles. The Labute approximate surface area is 118 Å². The third-order valence-electron chi connectivity index (χ3n) is 2.96. The SMILES string of the molecule is CC(=O)c1cc(F)cc(Nc2cccc(N(C)C)c2)c1. The van der Waals surface area contributed by atoms with Crippen LogP contribution < -0.4 is 10.2 Å². The molecule has 0 fully saturated rings. The molecule has 0 heterocycles. The van der Waals surface area contributed by atoms with Crippen LogP contribution in [-0.4, -0.2) is 19.9 Å². The molecule has 2 aromatic carbocycles. The van der Waals surface area contributed by atoms with Gasteiger partial charge in [-0.1, -0.05) is 6.07 Å². The molecule has 0 aromatic heterocycles. The van der Waals surface area contributed by atoms with E-state index in [0.29, 0.717) is 11.3 Å². The number of hydrogen-bond donors (Lipinski definition) is 1. The Kier molecular flexibility index (Phi) is 4.03. The number of ketones is 1. The van der Waals surface area contributed by atoms with Crippen LogP contribution in [0.3, 0.4) is 0 Å². The van der Waals surface area contributed by atoms with E-state index in [2.05, 4.69) is 5.32 Å². The Bertz CT molecular complexity index is 638. The largest absolute Gasteiger partial charge is 0.378 e. The van der Waals surface area contributed by atoms with E-state index in [1.807, 2.05) is 43.3 Å². The molecule has 2 aromatic rings. The monoisotopic (exact) mass is 272 g/mol. The summed E-state index contributed by atoms with van der Waals surface area (Å²) in [5.41, 5.74) is 2.80. The summed E-state index contributed by atoms with van der Waals surface area (Å²) in [5.74, 6) is -0.585. The lowest BCUT2D eigenvalue weighted by molar-refractivity contribution is 0.101. The quantitative estimate of drug-likeness (QED) is 0.858. The zero-order valence-corrected chi connectivity index (χ0v) is 11.8. The van der Waals surface area contributed by atoms with Gasteiger partial charge in [0.05, 0.1) is 0 Å². The van der Waals surface area contributed by atoms with Crippen molar-refractivity contribution in [3.63, 3.8) is 0 Å².